The fraction of sp³-hybridized carbons (Fsp3) is 0.273. The number of fused-ring (bicyclic) bond motifs is 1. The predicted octanol–water partition coefficient (Wildman–Crippen LogP) is 2.61. The van der Waals surface area contributed by atoms with Crippen LogP contribution in [0.1, 0.15) is 15.9 Å². The molecule has 0 aliphatic carbocycles. The second kappa shape index (κ2) is 7.76. The minimum Gasteiger partial charge on any atom is -0.496 e. The summed E-state index contributed by atoms with van der Waals surface area (Å²) in [6, 6.07) is 15.5. The molecule has 1 fully saturated rings. The summed E-state index contributed by atoms with van der Waals surface area (Å²) in [5, 5.41) is 3.88. The fourth-order valence-electron chi connectivity index (χ4n) is 3.60. The number of nitrogens with one attached hydrogen (secondary N) is 2. The number of carbonyl (C=O) groups is 2. The molecule has 4 rings (SSSR count). The molecule has 2 aromatic carbocycles. The second-order valence-corrected chi connectivity index (χ2v) is 7.01. The molecule has 1 aromatic heterocycles. The summed E-state index contributed by atoms with van der Waals surface area (Å²) >= 11 is 0. The Kier molecular flexibility index (Phi) is 5.02. The van der Waals surface area contributed by atoms with Crippen LogP contribution in [-0.4, -0.2) is 48.4 Å². The molecular weight excluding hydrogens is 354 g/mol. The minimum atomic E-state index is -0.146. The molecule has 6 heteroatoms. The lowest BCUT2D eigenvalue weighted by molar-refractivity contribution is -0.128. The van der Waals surface area contributed by atoms with Crippen LogP contribution in [0.25, 0.3) is 10.9 Å². The van der Waals surface area contributed by atoms with Gasteiger partial charge < -0.3 is 19.9 Å². The van der Waals surface area contributed by atoms with Gasteiger partial charge in [0.1, 0.15) is 5.75 Å². The highest BCUT2D eigenvalue weighted by molar-refractivity contribution is 6.07. The van der Waals surface area contributed by atoms with E-state index in [0.29, 0.717) is 31.6 Å². The second-order valence-electron chi connectivity index (χ2n) is 7.01. The Labute approximate surface area is 163 Å². The van der Waals surface area contributed by atoms with Gasteiger partial charge in [0.05, 0.1) is 18.6 Å². The maximum atomic E-state index is 12.7. The average molecular weight is 377 g/mol. The number of carbonyl (C=O) groups excluding carboxylic acids is 2. The molecule has 0 spiro atoms. The van der Waals surface area contributed by atoms with E-state index in [0.717, 1.165) is 22.2 Å². The molecule has 1 aliphatic heterocycles. The predicted molar refractivity (Wildman–Crippen MR) is 107 cm³/mol. The zero-order valence-corrected chi connectivity index (χ0v) is 15.8. The Morgan fingerprint density at radius 1 is 1.14 bits per heavy atom. The highest BCUT2D eigenvalue weighted by atomic mass is 16.5. The molecular formula is C22H23N3O3. The van der Waals surface area contributed by atoms with Crippen molar-refractivity contribution in [3.8, 4) is 5.75 Å². The lowest BCUT2D eigenvalue weighted by Gasteiger charge is -2.38. The molecule has 0 atom stereocenters. The summed E-state index contributed by atoms with van der Waals surface area (Å²) in [5.74, 6) is 0.649. The Morgan fingerprint density at radius 3 is 2.71 bits per heavy atom. The molecule has 6 nitrogen and oxygen atoms in total. The van der Waals surface area contributed by atoms with Gasteiger partial charge in [-0.15, -0.1) is 0 Å². The van der Waals surface area contributed by atoms with E-state index in [2.05, 4.69) is 10.3 Å². The van der Waals surface area contributed by atoms with Gasteiger partial charge in [0.2, 0.25) is 5.91 Å². The Balaban J connectivity index is 1.28. The Bertz CT molecular complexity index is 1000. The molecule has 0 radical (unpaired) electrons. The third kappa shape index (κ3) is 3.45. The lowest BCUT2D eigenvalue weighted by atomic mass is 9.97. The van der Waals surface area contributed by atoms with Crippen LogP contribution < -0.4 is 10.1 Å². The summed E-state index contributed by atoms with van der Waals surface area (Å²) in [6.45, 7) is 1.46. The molecule has 0 saturated carbocycles. The van der Waals surface area contributed by atoms with Crippen LogP contribution in [0.15, 0.2) is 54.7 Å². The van der Waals surface area contributed by atoms with Crippen molar-refractivity contribution in [3.63, 3.8) is 0 Å². The van der Waals surface area contributed by atoms with E-state index in [4.69, 9.17) is 4.74 Å². The SMILES string of the molecule is COc1ccccc1CCNC(=O)C1CN(C(=O)c2c[nH]c3ccccc23)C1. The molecule has 2 heterocycles. The van der Waals surface area contributed by atoms with Gasteiger partial charge in [-0.1, -0.05) is 36.4 Å². The maximum absolute atomic E-state index is 12.7. The van der Waals surface area contributed by atoms with Crippen molar-refractivity contribution in [1.82, 2.24) is 15.2 Å². The van der Waals surface area contributed by atoms with E-state index < -0.39 is 0 Å². The number of H-pyrrole nitrogens is 1. The number of hydrogen-bond donors (Lipinski definition) is 2. The molecule has 1 saturated heterocycles. The molecule has 3 aromatic rings. The molecule has 28 heavy (non-hydrogen) atoms. The number of likely N-dealkylation sites (tertiary alicyclic amines) is 1. The largest absolute Gasteiger partial charge is 0.496 e. The van der Waals surface area contributed by atoms with Crippen molar-refractivity contribution in [2.75, 3.05) is 26.7 Å². The topological polar surface area (TPSA) is 74.4 Å². The first-order valence-corrected chi connectivity index (χ1v) is 9.42. The number of amides is 2. The molecule has 0 unspecified atom stereocenters. The number of rotatable bonds is 6. The van der Waals surface area contributed by atoms with Crippen molar-refractivity contribution in [2.24, 2.45) is 5.92 Å². The van der Waals surface area contributed by atoms with Gasteiger partial charge in [-0.25, -0.2) is 0 Å². The number of aromatic nitrogens is 1. The van der Waals surface area contributed by atoms with Crippen LogP contribution in [0.4, 0.5) is 0 Å². The number of ether oxygens (including phenoxy) is 1. The minimum absolute atomic E-state index is 0.00197. The van der Waals surface area contributed by atoms with Crippen LogP contribution in [0.5, 0.6) is 5.75 Å². The molecule has 2 amide bonds. The van der Waals surface area contributed by atoms with Crippen LogP contribution in [0, 0.1) is 5.92 Å². The van der Waals surface area contributed by atoms with Crippen LogP contribution >= 0.6 is 0 Å². The quantitative estimate of drug-likeness (QED) is 0.693. The monoisotopic (exact) mass is 377 g/mol. The van der Waals surface area contributed by atoms with E-state index in [-0.39, 0.29) is 17.7 Å². The summed E-state index contributed by atoms with van der Waals surface area (Å²) in [6.07, 6.45) is 2.45. The molecule has 2 N–H and O–H groups in total. The van der Waals surface area contributed by atoms with E-state index in [9.17, 15) is 9.59 Å². The number of methoxy groups -OCH3 is 1. The number of aromatic amines is 1. The molecule has 1 aliphatic rings. The van der Waals surface area contributed by atoms with Gasteiger partial charge in [0.25, 0.3) is 5.91 Å². The van der Waals surface area contributed by atoms with Gasteiger partial charge in [0.15, 0.2) is 0 Å². The Hall–Kier alpha value is -3.28. The zero-order chi connectivity index (χ0) is 19.5. The van der Waals surface area contributed by atoms with Crippen LogP contribution in [0.3, 0.4) is 0 Å². The maximum Gasteiger partial charge on any atom is 0.256 e. The average Bonchev–Trinajstić information content (AvgIpc) is 3.11. The van der Waals surface area contributed by atoms with Gasteiger partial charge in [-0.3, -0.25) is 9.59 Å². The summed E-state index contributed by atoms with van der Waals surface area (Å²) in [4.78, 5) is 29.9. The van der Waals surface area contributed by atoms with Crippen molar-refractivity contribution in [3.05, 3.63) is 65.9 Å². The normalized spacial score (nSPS) is 14.0. The van der Waals surface area contributed by atoms with Gasteiger partial charge in [-0.05, 0) is 24.1 Å². The van der Waals surface area contributed by atoms with Crippen molar-refractivity contribution >= 4 is 22.7 Å². The summed E-state index contributed by atoms with van der Waals surface area (Å²) in [7, 11) is 1.64. The third-order valence-corrected chi connectivity index (χ3v) is 5.25. The summed E-state index contributed by atoms with van der Waals surface area (Å²) in [5.41, 5.74) is 2.66. The highest BCUT2D eigenvalue weighted by Crippen LogP contribution is 2.24. The highest BCUT2D eigenvalue weighted by Gasteiger charge is 2.36. The van der Waals surface area contributed by atoms with E-state index in [1.54, 1.807) is 18.2 Å². The lowest BCUT2D eigenvalue weighted by Crippen LogP contribution is -2.55. The van der Waals surface area contributed by atoms with E-state index in [1.807, 2.05) is 48.5 Å². The number of nitrogens with zero attached hydrogens (tertiary/aromatic N) is 1. The van der Waals surface area contributed by atoms with Crippen LogP contribution in [0.2, 0.25) is 0 Å². The fourth-order valence-corrected chi connectivity index (χ4v) is 3.60. The number of hydrogen-bond acceptors (Lipinski definition) is 3. The molecule has 0 bridgehead atoms. The standard InChI is InChI=1S/C22H23N3O3/c1-28-20-9-5-2-6-15(20)10-11-23-21(26)16-13-25(14-16)22(27)18-12-24-19-8-4-3-7-17(18)19/h2-9,12,16,24H,10-11,13-14H2,1H3,(H,23,26). The van der Waals surface area contributed by atoms with Gasteiger partial charge in [0, 0.05) is 36.7 Å². The Morgan fingerprint density at radius 2 is 1.89 bits per heavy atom. The van der Waals surface area contributed by atoms with Gasteiger partial charge in [-0.2, -0.15) is 0 Å². The first-order chi connectivity index (χ1) is 13.7. The van der Waals surface area contributed by atoms with E-state index in [1.165, 1.54) is 0 Å². The van der Waals surface area contributed by atoms with Crippen molar-refractivity contribution < 1.29 is 14.3 Å². The van der Waals surface area contributed by atoms with Crippen molar-refractivity contribution in [1.29, 1.82) is 0 Å². The van der Waals surface area contributed by atoms with Crippen molar-refractivity contribution in [2.45, 2.75) is 6.42 Å². The molecule has 144 valence electrons. The van der Waals surface area contributed by atoms with Gasteiger partial charge >= 0.3 is 0 Å². The first kappa shape index (κ1) is 18.1. The number of para-hydroxylation sites is 2. The first-order valence-electron chi connectivity index (χ1n) is 9.42. The summed E-state index contributed by atoms with van der Waals surface area (Å²) < 4.78 is 5.33. The van der Waals surface area contributed by atoms with Crippen LogP contribution in [-0.2, 0) is 11.2 Å². The zero-order valence-electron chi connectivity index (χ0n) is 15.8. The van der Waals surface area contributed by atoms with E-state index >= 15 is 0 Å². The smallest absolute Gasteiger partial charge is 0.256 e. The third-order valence-electron chi connectivity index (χ3n) is 5.25. The number of benzene rings is 2.